The zero-order chi connectivity index (χ0) is 19.9. The molecule has 0 saturated carbocycles. The van der Waals surface area contributed by atoms with Gasteiger partial charge in [-0.25, -0.2) is 9.59 Å². The molecule has 140 valence electrons. The number of rotatable bonds is 5. The summed E-state index contributed by atoms with van der Waals surface area (Å²) in [5.41, 5.74) is -0.922. The molecule has 0 fully saturated rings. The van der Waals surface area contributed by atoms with Crippen LogP contribution in [-0.4, -0.2) is 26.7 Å². The van der Waals surface area contributed by atoms with Gasteiger partial charge in [0.25, 0.3) is 0 Å². The molecule has 3 rings (SSSR count). The summed E-state index contributed by atoms with van der Waals surface area (Å²) in [6, 6.07) is 3.72. The van der Waals surface area contributed by atoms with Crippen molar-refractivity contribution in [3.63, 3.8) is 0 Å². The molecule has 27 heavy (non-hydrogen) atoms. The van der Waals surface area contributed by atoms with E-state index in [1.54, 1.807) is 6.92 Å². The molecule has 2 heterocycles. The third-order valence-corrected chi connectivity index (χ3v) is 4.45. The van der Waals surface area contributed by atoms with Gasteiger partial charge in [0, 0.05) is 24.1 Å². The maximum atomic E-state index is 12.8. The number of carbonyl (C=O) groups is 2. The van der Waals surface area contributed by atoms with Gasteiger partial charge >= 0.3 is 11.9 Å². The molecule has 2 aromatic heterocycles. The maximum absolute atomic E-state index is 12.8. The summed E-state index contributed by atoms with van der Waals surface area (Å²) in [4.78, 5) is 48.2. The fraction of sp³-hybridized carbons (Fsp3) is 0.263. The van der Waals surface area contributed by atoms with Crippen LogP contribution < -0.4 is 10.9 Å². The third-order valence-electron chi connectivity index (χ3n) is 4.45. The Morgan fingerprint density at radius 3 is 2.30 bits per heavy atom. The van der Waals surface area contributed by atoms with E-state index < -0.39 is 28.6 Å². The molecular weight excluding hydrogens is 354 g/mol. The van der Waals surface area contributed by atoms with Crippen molar-refractivity contribution in [3.8, 4) is 0 Å². The second-order valence-corrected chi connectivity index (χ2v) is 6.10. The van der Waals surface area contributed by atoms with Crippen LogP contribution in [0.3, 0.4) is 0 Å². The van der Waals surface area contributed by atoms with Gasteiger partial charge in [0.1, 0.15) is 11.3 Å². The Kier molecular flexibility index (Phi) is 4.57. The van der Waals surface area contributed by atoms with Crippen LogP contribution in [0.5, 0.6) is 0 Å². The first-order valence-corrected chi connectivity index (χ1v) is 8.44. The van der Waals surface area contributed by atoms with Gasteiger partial charge in [0.15, 0.2) is 10.9 Å². The van der Waals surface area contributed by atoms with Crippen LogP contribution in [0, 0.1) is 0 Å². The summed E-state index contributed by atoms with van der Waals surface area (Å²) in [5, 5.41) is 19.0. The van der Waals surface area contributed by atoms with E-state index >= 15 is 0 Å². The van der Waals surface area contributed by atoms with Crippen LogP contribution in [0.1, 0.15) is 46.9 Å². The Hall–Kier alpha value is -3.42. The summed E-state index contributed by atoms with van der Waals surface area (Å²) in [6.07, 6.45) is 0.782. The van der Waals surface area contributed by atoms with E-state index in [1.807, 2.05) is 6.92 Å². The normalized spacial score (nSPS) is 11.2. The zero-order valence-electron chi connectivity index (χ0n) is 14.7. The predicted molar refractivity (Wildman–Crippen MR) is 97.8 cm³/mol. The predicted octanol–water partition coefficient (Wildman–Crippen LogP) is 2.48. The van der Waals surface area contributed by atoms with Gasteiger partial charge in [-0.3, -0.25) is 9.59 Å². The number of hydrogen-bond acceptors (Lipinski definition) is 5. The van der Waals surface area contributed by atoms with Crippen molar-refractivity contribution in [3.05, 3.63) is 55.7 Å². The first-order valence-electron chi connectivity index (χ1n) is 8.44. The molecule has 2 N–H and O–H groups in total. The van der Waals surface area contributed by atoms with E-state index in [0.717, 1.165) is 6.07 Å². The maximum Gasteiger partial charge on any atom is 0.372 e. The van der Waals surface area contributed by atoms with Crippen molar-refractivity contribution in [2.45, 2.75) is 33.2 Å². The molecule has 8 nitrogen and oxygen atoms in total. The molecule has 0 radical (unpaired) electrons. The lowest BCUT2D eigenvalue weighted by atomic mass is 10.0. The van der Waals surface area contributed by atoms with Crippen LogP contribution in [0.2, 0.25) is 0 Å². The highest BCUT2D eigenvalue weighted by molar-refractivity contribution is 5.98. The van der Waals surface area contributed by atoms with Gasteiger partial charge in [-0.2, -0.15) is 0 Å². The molecule has 0 aliphatic rings. The summed E-state index contributed by atoms with van der Waals surface area (Å²) in [6.45, 7) is 3.78. The van der Waals surface area contributed by atoms with E-state index in [2.05, 4.69) is 0 Å². The van der Waals surface area contributed by atoms with Gasteiger partial charge < -0.3 is 19.2 Å². The van der Waals surface area contributed by atoms with Gasteiger partial charge in [-0.15, -0.1) is 0 Å². The van der Waals surface area contributed by atoms with E-state index in [4.69, 9.17) is 4.42 Å². The van der Waals surface area contributed by atoms with Crippen molar-refractivity contribution < 1.29 is 24.2 Å². The lowest BCUT2D eigenvalue weighted by molar-refractivity contribution is 0.0657. The highest BCUT2D eigenvalue weighted by Gasteiger charge is 2.21. The Balaban J connectivity index is 2.53. The van der Waals surface area contributed by atoms with E-state index in [-0.39, 0.29) is 46.1 Å². The quantitative estimate of drug-likeness (QED) is 0.660. The van der Waals surface area contributed by atoms with E-state index in [0.29, 0.717) is 6.42 Å². The van der Waals surface area contributed by atoms with Gasteiger partial charge in [0.2, 0.25) is 5.76 Å². The van der Waals surface area contributed by atoms with Crippen LogP contribution in [-0.2, 0) is 13.0 Å². The topological polar surface area (TPSA) is 127 Å². The fourth-order valence-electron chi connectivity index (χ4n) is 3.27. The molecule has 0 spiro atoms. The van der Waals surface area contributed by atoms with Crippen molar-refractivity contribution in [1.82, 2.24) is 4.57 Å². The Morgan fingerprint density at radius 2 is 1.74 bits per heavy atom. The van der Waals surface area contributed by atoms with E-state index in [1.165, 1.54) is 16.7 Å². The van der Waals surface area contributed by atoms with Crippen molar-refractivity contribution >= 4 is 33.8 Å². The molecular formula is C19H17NO7. The Labute approximate surface area is 152 Å². The lowest BCUT2D eigenvalue weighted by Gasteiger charge is -2.13. The second kappa shape index (κ2) is 6.71. The summed E-state index contributed by atoms with van der Waals surface area (Å²) in [7, 11) is 0. The second-order valence-electron chi connectivity index (χ2n) is 6.10. The van der Waals surface area contributed by atoms with Gasteiger partial charge in [-0.05, 0) is 19.4 Å². The summed E-state index contributed by atoms with van der Waals surface area (Å²) in [5.74, 6) is -3.06. The third kappa shape index (κ3) is 2.88. The molecule has 8 heteroatoms. The number of carboxylic acids is 2. The minimum atomic E-state index is -1.36. The Morgan fingerprint density at radius 1 is 1.04 bits per heavy atom. The molecule has 0 bridgehead atoms. The van der Waals surface area contributed by atoms with Crippen molar-refractivity contribution in [2.75, 3.05) is 0 Å². The van der Waals surface area contributed by atoms with Crippen molar-refractivity contribution in [1.29, 1.82) is 0 Å². The molecule has 0 aliphatic carbocycles. The zero-order valence-corrected chi connectivity index (χ0v) is 14.7. The molecule has 0 atom stereocenters. The average molecular weight is 371 g/mol. The molecule has 1 aromatic carbocycles. The number of nitrogens with zero attached hydrogens (tertiary/aromatic N) is 1. The standard InChI is InChI=1S/C19H17NO7/c1-3-5-9-16(22)11-6-10-12(8-15(11)27-17(9)19(25)26)20(4-2)13(18(23)24)7-14(10)21/h6-8H,3-5H2,1-2H3,(H,23,24)(H,25,26). The number of benzene rings is 1. The number of aryl methyl sites for hydroxylation is 1. The smallest absolute Gasteiger partial charge is 0.372 e. The van der Waals surface area contributed by atoms with Crippen LogP contribution in [0.25, 0.3) is 21.9 Å². The molecule has 0 saturated heterocycles. The van der Waals surface area contributed by atoms with Gasteiger partial charge in [-0.1, -0.05) is 13.3 Å². The molecule has 3 aromatic rings. The Bertz CT molecular complexity index is 1220. The first-order chi connectivity index (χ1) is 12.8. The number of fused-ring (bicyclic) bond motifs is 2. The highest BCUT2D eigenvalue weighted by Crippen LogP contribution is 2.23. The van der Waals surface area contributed by atoms with Crippen molar-refractivity contribution in [2.24, 2.45) is 0 Å². The number of pyridine rings is 1. The number of hydrogen-bond donors (Lipinski definition) is 2. The minimum absolute atomic E-state index is 0.00566. The molecule has 0 amide bonds. The summed E-state index contributed by atoms with van der Waals surface area (Å²) >= 11 is 0. The van der Waals surface area contributed by atoms with Gasteiger partial charge in [0.05, 0.1) is 16.5 Å². The number of aromatic carboxylic acids is 2. The summed E-state index contributed by atoms with van der Waals surface area (Å²) < 4.78 is 6.87. The van der Waals surface area contributed by atoms with Crippen LogP contribution in [0.15, 0.2) is 32.2 Å². The average Bonchev–Trinajstić information content (AvgIpc) is 2.62. The molecule has 0 unspecified atom stereocenters. The monoisotopic (exact) mass is 371 g/mol. The largest absolute Gasteiger partial charge is 0.477 e. The van der Waals surface area contributed by atoms with Crippen LogP contribution in [0.4, 0.5) is 0 Å². The number of aromatic nitrogens is 1. The fourth-order valence-corrected chi connectivity index (χ4v) is 3.27. The molecule has 0 aliphatic heterocycles. The highest BCUT2D eigenvalue weighted by atomic mass is 16.4. The van der Waals surface area contributed by atoms with E-state index in [9.17, 15) is 29.4 Å². The first kappa shape index (κ1) is 18.4. The SMILES string of the molecule is CCCc1c(C(=O)O)oc2cc3c(cc2c1=O)c(=O)cc(C(=O)O)n3CC. The number of carboxylic acid groups (broad SMARTS) is 2. The van der Waals surface area contributed by atoms with Crippen LogP contribution >= 0.6 is 0 Å². The lowest BCUT2D eigenvalue weighted by Crippen LogP contribution is -2.19. The minimum Gasteiger partial charge on any atom is -0.477 e.